The lowest BCUT2D eigenvalue weighted by Crippen LogP contribution is -2.29. The van der Waals surface area contributed by atoms with Gasteiger partial charge in [-0.1, -0.05) is 0 Å². The van der Waals surface area contributed by atoms with Gasteiger partial charge in [0, 0.05) is 23.6 Å². The minimum Gasteiger partial charge on any atom is -0.492 e. The van der Waals surface area contributed by atoms with E-state index in [9.17, 15) is 0 Å². The van der Waals surface area contributed by atoms with E-state index in [0.717, 1.165) is 41.0 Å². The van der Waals surface area contributed by atoms with Gasteiger partial charge in [-0.2, -0.15) is 0 Å². The molecule has 6 nitrogen and oxygen atoms in total. The summed E-state index contributed by atoms with van der Waals surface area (Å²) >= 11 is 3.39. The summed E-state index contributed by atoms with van der Waals surface area (Å²) < 4.78 is 5.66. The summed E-state index contributed by atoms with van der Waals surface area (Å²) in [6, 6.07) is 1.86. The Bertz CT molecular complexity index is 930. The third kappa shape index (κ3) is 4.19. The van der Waals surface area contributed by atoms with Gasteiger partial charge < -0.3 is 15.0 Å². The van der Waals surface area contributed by atoms with Crippen LogP contribution in [0.1, 0.15) is 36.4 Å². The van der Waals surface area contributed by atoms with E-state index in [1.807, 2.05) is 13.0 Å². The SMILES string of the molecule is CCOc1ccncc1Nc1nc(-c2sc(C3CCN(C)CC3)nc2C)cs1. The van der Waals surface area contributed by atoms with Gasteiger partial charge in [-0.3, -0.25) is 4.98 Å². The molecule has 28 heavy (non-hydrogen) atoms. The molecule has 1 aliphatic heterocycles. The number of nitrogens with one attached hydrogen (secondary N) is 1. The van der Waals surface area contributed by atoms with Crippen molar-refractivity contribution in [2.75, 3.05) is 32.1 Å². The Kier molecular flexibility index (Phi) is 5.89. The van der Waals surface area contributed by atoms with Gasteiger partial charge in [0.1, 0.15) is 11.4 Å². The van der Waals surface area contributed by atoms with E-state index in [1.165, 1.54) is 22.7 Å². The highest BCUT2D eigenvalue weighted by Crippen LogP contribution is 2.38. The Morgan fingerprint density at radius 2 is 2.11 bits per heavy atom. The fraction of sp³-hybridized carbons (Fsp3) is 0.450. The van der Waals surface area contributed by atoms with Crippen LogP contribution in [0.4, 0.5) is 10.8 Å². The molecule has 1 aliphatic rings. The molecule has 1 N–H and O–H groups in total. The maximum atomic E-state index is 5.66. The Morgan fingerprint density at radius 3 is 2.89 bits per heavy atom. The van der Waals surface area contributed by atoms with Crippen molar-refractivity contribution >= 4 is 33.5 Å². The predicted molar refractivity (Wildman–Crippen MR) is 116 cm³/mol. The third-order valence-corrected chi connectivity index (χ3v) is 7.04. The lowest BCUT2D eigenvalue weighted by atomic mass is 9.98. The smallest absolute Gasteiger partial charge is 0.187 e. The molecule has 0 spiro atoms. The first-order valence-corrected chi connectivity index (χ1v) is 11.3. The van der Waals surface area contributed by atoms with Gasteiger partial charge >= 0.3 is 0 Å². The normalized spacial score (nSPS) is 15.7. The summed E-state index contributed by atoms with van der Waals surface area (Å²) in [5.41, 5.74) is 2.90. The number of likely N-dealkylation sites (tertiary alicyclic amines) is 1. The number of rotatable bonds is 6. The second-order valence-corrected chi connectivity index (χ2v) is 8.90. The molecule has 0 saturated carbocycles. The molecular formula is C20H25N5OS2. The quantitative estimate of drug-likeness (QED) is 0.616. The van der Waals surface area contributed by atoms with Gasteiger partial charge in [0.2, 0.25) is 0 Å². The van der Waals surface area contributed by atoms with Crippen molar-refractivity contribution in [1.82, 2.24) is 19.9 Å². The molecular weight excluding hydrogens is 390 g/mol. The van der Waals surface area contributed by atoms with Crippen LogP contribution < -0.4 is 10.1 Å². The second kappa shape index (κ2) is 8.55. The first-order valence-electron chi connectivity index (χ1n) is 9.59. The van der Waals surface area contributed by atoms with Crippen LogP contribution in [0, 0.1) is 6.92 Å². The van der Waals surface area contributed by atoms with Gasteiger partial charge in [0.25, 0.3) is 0 Å². The molecule has 8 heteroatoms. The fourth-order valence-electron chi connectivity index (χ4n) is 3.39. The molecule has 0 radical (unpaired) electrons. The van der Waals surface area contributed by atoms with Crippen LogP contribution in [0.3, 0.4) is 0 Å². The van der Waals surface area contributed by atoms with Crippen molar-refractivity contribution in [3.05, 3.63) is 34.5 Å². The molecule has 0 aliphatic carbocycles. The summed E-state index contributed by atoms with van der Waals surface area (Å²) in [6.07, 6.45) is 5.87. The maximum Gasteiger partial charge on any atom is 0.187 e. The molecule has 3 aromatic rings. The van der Waals surface area contributed by atoms with Crippen molar-refractivity contribution in [3.8, 4) is 16.3 Å². The standard InChI is InChI=1S/C20H25N5OS2/c1-4-26-17-5-8-21-11-15(17)23-20-24-16(12-27-20)18-13(2)22-19(28-18)14-6-9-25(3)10-7-14/h5,8,11-12,14H,4,6-7,9-10H2,1-3H3,(H,23,24). The summed E-state index contributed by atoms with van der Waals surface area (Å²) in [6.45, 7) is 6.97. The number of piperidine rings is 1. The molecule has 1 fully saturated rings. The Labute approximate surface area is 173 Å². The highest BCUT2D eigenvalue weighted by atomic mass is 32.1. The molecule has 4 heterocycles. The number of aromatic nitrogens is 3. The minimum absolute atomic E-state index is 0.578. The zero-order chi connectivity index (χ0) is 19.5. The number of hydrogen-bond acceptors (Lipinski definition) is 8. The first-order chi connectivity index (χ1) is 13.6. The van der Waals surface area contributed by atoms with E-state index in [0.29, 0.717) is 12.5 Å². The Balaban J connectivity index is 1.52. The molecule has 0 atom stereocenters. The van der Waals surface area contributed by atoms with Crippen molar-refractivity contribution in [2.45, 2.75) is 32.6 Å². The van der Waals surface area contributed by atoms with Crippen LogP contribution in [0.5, 0.6) is 5.75 Å². The summed E-state index contributed by atoms with van der Waals surface area (Å²) in [7, 11) is 2.19. The zero-order valence-electron chi connectivity index (χ0n) is 16.4. The summed E-state index contributed by atoms with van der Waals surface area (Å²) in [5.74, 6) is 1.36. The van der Waals surface area contributed by atoms with E-state index < -0.39 is 0 Å². The number of anilines is 2. The lowest BCUT2D eigenvalue weighted by Gasteiger charge is -2.27. The summed E-state index contributed by atoms with van der Waals surface area (Å²) in [5, 5.41) is 7.53. The lowest BCUT2D eigenvalue weighted by molar-refractivity contribution is 0.255. The minimum atomic E-state index is 0.578. The van der Waals surface area contributed by atoms with E-state index in [1.54, 1.807) is 35.1 Å². The molecule has 4 rings (SSSR count). The topological polar surface area (TPSA) is 63.2 Å². The zero-order valence-corrected chi connectivity index (χ0v) is 18.1. The number of ether oxygens (including phenoxy) is 1. The van der Waals surface area contributed by atoms with E-state index in [2.05, 4.69) is 34.6 Å². The van der Waals surface area contributed by atoms with Gasteiger partial charge in [-0.25, -0.2) is 9.97 Å². The van der Waals surface area contributed by atoms with E-state index >= 15 is 0 Å². The Hall–Kier alpha value is -2.03. The average molecular weight is 416 g/mol. The van der Waals surface area contributed by atoms with E-state index in [4.69, 9.17) is 14.7 Å². The fourth-order valence-corrected chi connectivity index (χ4v) is 5.38. The van der Waals surface area contributed by atoms with Crippen LogP contribution in [0.15, 0.2) is 23.8 Å². The van der Waals surface area contributed by atoms with Crippen molar-refractivity contribution in [1.29, 1.82) is 0 Å². The number of hydrogen-bond donors (Lipinski definition) is 1. The molecule has 3 aromatic heterocycles. The molecule has 0 unspecified atom stereocenters. The number of pyridine rings is 1. The average Bonchev–Trinajstić information content (AvgIpc) is 3.30. The van der Waals surface area contributed by atoms with Crippen LogP contribution in [-0.4, -0.2) is 46.6 Å². The third-order valence-electron chi connectivity index (χ3n) is 4.94. The van der Waals surface area contributed by atoms with Gasteiger partial charge in [-0.05, 0) is 46.8 Å². The van der Waals surface area contributed by atoms with Gasteiger partial charge in [-0.15, -0.1) is 22.7 Å². The van der Waals surface area contributed by atoms with Crippen molar-refractivity contribution in [3.63, 3.8) is 0 Å². The monoisotopic (exact) mass is 415 g/mol. The van der Waals surface area contributed by atoms with Crippen LogP contribution in [0.2, 0.25) is 0 Å². The highest BCUT2D eigenvalue weighted by molar-refractivity contribution is 7.17. The largest absolute Gasteiger partial charge is 0.492 e. The van der Waals surface area contributed by atoms with Crippen molar-refractivity contribution < 1.29 is 4.74 Å². The van der Waals surface area contributed by atoms with Crippen LogP contribution in [0.25, 0.3) is 10.6 Å². The number of nitrogens with zero attached hydrogens (tertiary/aromatic N) is 4. The van der Waals surface area contributed by atoms with Gasteiger partial charge in [0.05, 0.1) is 34.1 Å². The van der Waals surface area contributed by atoms with Crippen LogP contribution >= 0.6 is 22.7 Å². The van der Waals surface area contributed by atoms with E-state index in [-0.39, 0.29) is 0 Å². The molecule has 0 amide bonds. The maximum absolute atomic E-state index is 5.66. The molecule has 148 valence electrons. The predicted octanol–water partition coefficient (Wildman–Crippen LogP) is 4.92. The molecule has 1 saturated heterocycles. The molecule has 0 bridgehead atoms. The van der Waals surface area contributed by atoms with Crippen LogP contribution in [-0.2, 0) is 0 Å². The van der Waals surface area contributed by atoms with Crippen molar-refractivity contribution in [2.24, 2.45) is 0 Å². The number of thiazole rings is 2. The highest BCUT2D eigenvalue weighted by Gasteiger charge is 2.23. The Morgan fingerprint density at radius 1 is 1.29 bits per heavy atom. The number of aryl methyl sites for hydroxylation is 1. The first kappa shape index (κ1) is 19.3. The van der Waals surface area contributed by atoms with Gasteiger partial charge in [0.15, 0.2) is 5.13 Å². The molecule has 0 aromatic carbocycles. The summed E-state index contributed by atoms with van der Waals surface area (Å²) in [4.78, 5) is 17.4. The second-order valence-electron chi connectivity index (χ2n) is 7.01.